The molecule has 0 saturated carbocycles. The number of halogens is 1. The fourth-order valence-electron chi connectivity index (χ4n) is 3.86. The van der Waals surface area contributed by atoms with E-state index in [1.807, 2.05) is 31.1 Å². The number of hydrogen-bond donors (Lipinski definition) is 1. The Morgan fingerprint density at radius 2 is 2.06 bits per heavy atom. The maximum absolute atomic E-state index is 13.1. The van der Waals surface area contributed by atoms with Gasteiger partial charge < -0.3 is 19.7 Å². The second-order valence-corrected chi connectivity index (χ2v) is 10.3. The molecule has 3 aromatic rings. The lowest BCUT2D eigenvalue weighted by atomic mass is 10.2. The monoisotopic (exact) mass is 530 g/mol. The number of cyclic esters (lactones) is 1. The predicted molar refractivity (Wildman–Crippen MR) is 140 cm³/mol. The topological polar surface area (TPSA) is 93.1 Å². The molecule has 0 aliphatic carbocycles. The van der Waals surface area contributed by atoms with Gasteiger partial charge >= 0.3 is 6.09 Å². The van der Waals surface area contributed by atoms with Crippen LogP contribution in [0.5, 0.6) is 5.75 Å². The third-order valence-electron chi connectivity index (χ3n) is 5.75. The first-order valence-electron chi connectivity index (χ1n) is 11.3. The first-order chi connectivity index (χ1) is 17.3. The Kier molecular flexibility index (Phi) is 7.97. The number of ether oxygens (including phenoxy) is 2. The van der Waals surface area contributed by atoms with Crippen LogP contribution in [0.2, 0.25) is 4.34 Å². The van der Waals surface area contributed by atoms with Gasteiger partial charge in [-0.25, -0.2) is 4.79 Å². The van der Waals surface area contributed by atoms with Gasteiger partial charge in [-0.2, -0.15) is 0 Å². The number of carbonyl (C=O) groups is 2. The van der Waals surface area contributed by atoms with Crippen LogP contribution in [-0.2, 0) is 11.2 Å². The van der Waals surface area contributed by atoms with Crippen LogP contribution in [0.15, 0.2) is 53.5 Å². The van der Waals surface area contributed by atoms with Gasteiger partial charge in [-0.15, -0.1) is 11.3 Å². The molecule has 0 unspecified atom stereocenters. The van der Waals surface area contributed by atoms with Gasteiger partial charge in [0, 0.05) is 24.4 Å². The van der Waals surface area contributed by atoms with Crippen molar-refractivity contribution in [2.24, 2.45) is 0 Å². The number of hydrogen-bond acceptors (Lipinski definition) is 7. The highest BCUT2D eigenvalue weighted by molar-refractivity contribution is 7.18. The number of pyridine rings is 1. The molecule has 0 radical (unpaired) electrons. The number of benzene rings is 1. The molecule has 0 spiro atoms. The minimum atomic E-state index is -0.522. The molecule has 0 bridgehead atoms. The number of thiophene rings is 1. The number of nitrogens with zero attached hydrogens (tertiary/aromatic N) is 3. The lowest BCUT2D eigenvalue weighted by Crippen LogP contribution is -2.34. The molecule has 190 valence electrons. The summed E-state index contributed by atoms with van der Waals surface area (Å²) < 4.78 is 13.1. The van der Waals surface area contributed by atoms with Crippen LogP contribution in [0.3, 0.4) is 0 Å². The first kappa shape index (κ1) is 25.7. The van der Waals surface area contributed by atoms with Gasteiger partial charge in [0.25, 0.3) is 11.5 Å². The van der Waals surface area contributed by atoms with Gasteiger partial charge in [-0.1, -0.05) is 17.7 Å². The van der Waals surface area contributed by atoms with Crippen molar-refractivity contribution in [1.82, 2.24) is 14.8 Å². The van der Waals surface area contributed by atoms with Gasteiger partial charge in [0.05, 0.1) is 40.8 Å². The third kappa shape index (κ3) is 5.72. The maximum atomic E-state index is 13.1. The molecule has 2 amide bonds. The molecular weight excluding hydrogens is 504 g/mol. The summed E-state index contributed by atoms with van der Waals surface area (Å²) in [6, 6.07) is 12.1. The normalized spacial score (nSPS) is 15.3. The van der Waals surface area contributed by atoms with E-state index in [0.717, 1.165) is 6.54 Å². The number of anilines is 1. The van der Waals surface area contributed by atoms with Gasteiger partial charge in [-0.3, -0.25) is 19.1 Å². The Morgan fingerprint density at radius 1 is 1.25 bits per heavy atom. The third-order valence-corrected chi connectivity index (χ3v) is 6.98. The van der Waals surface area contributed by atoms with E-state index in [-0.39, 0.29) is 24.6 Å². The summed E-state index contributed by atoms with van der Waals surface area (Å²) in [5.41, 5.74) is 1.73. The second kappa shape index (κ2) is 11.2. The molecule has 36 heavy (non-hydrogen) atoms. The Labute approximate surface area is 217 Å². The zero-order valence-electron chi connectivity index (χ0n) is 20.2. The molecule has 2 aromatic heterocycles. The highest BCUT2D eigenvalue weighted by Gasteiger charge is 2.33. The van der Waals surface area contributed by atoms with Crippen LogP contribution < -0.4 is 20.5 Å². The molecule has 1 aromatic carbocycles. The molecule has 11 heteroatoms. The minimum absolute atomic E-state index is 0.117. The smallest absolute Gasteiger partial charge is 0.414 e. The minimum Gasteiger partial charge on any atom is -0.494 e. The lowest BCUT2D eigenvalue weighted by Gasteiger charge is -2.18. The fraction of sp³-hybridized carbons (Fsp3) is 0.320. The standard InChI is InChI=1S/C25H27ClN4O5S/c1-28(2)12-10-16-5-4-11-29(24(16)32)19-7-6-17(13-20(19)34-3)30-15-18(35-25(30)33)14-27-23(31)21-8-9-22(26)36-21/h4-9,11,13,18H,10,12,14-15H2,1-3H3,(H,27,31)/t18-/m0/s1. The molecular formula is C25H27ClN4O5S. The Hall–Kier alpha value is -3.34. The molecule has 1 aliphatic heterocycles. The van der Waals surface area contributed by atoms with Crippen molar-refractivity contribution >= 4 is 40.6 Å². The van der Waals surface area contributed by atoms with E-state index in [0.29, 0.717) is 38.3 Å². The van der Waals surface area contributed by atoms with E-state index >= 15 is 0 Å². The van der Waals surface area contributed by atoms with Crippen molar-refractivity contribution in [1.29, 1.82) is 0 Å². The van der Waals surface area contributed by atoms with E-state index in [1.165, 1.54) is 23.3 Å². The van der Waals surface area contributed by atoms with Crippen LogP contribution in [0.4, 0.5) is 10.5 Å². The number of amides is 2. The van der Waals surface area contributed by atoms with Crippen LogP contribution in [0.25, 0.3) is 5.69 Å². The molecule has 1 aliphatic rings. The van der Waals surface area contributed by atoms with Crippen molar-refractivity contribution < 1.29 is 19.1 Å². The van der Waals surface area contributed by atoms with Crippen molar-refractivity contribution in [2.75, 3.05) is 45.7 Å². The summed E-state index contributed by atoms with van der Waals surface area (Å²) in [7, 11) is 5.44. The number of aromatic nitrogens is 1. The SMILES string of the molecule is COc1cc(N2C[C@H](CNC(=O)c3ccc(Cl)s3)OC2=O)ccc1-n1cccc(CCN(C)C)c1=O. The van der Waals surface area contributed by atoms with Crippen molar-refractivity contribution in [3.63, 3.8) is 0 Å². The molecule has 4 rings (SSSR count). The fourth-order valence-corrected chi connectivity index (χ4v) is 4.82. The maximum Gasteiger partial charge on any atom is 0.414 e. The Balaban J connectivity index is 1.48. The number of nitrogens with one attached hydrogen (secondary N) is 1. The van der Waals surface area contributed by atoms with E-state index in [9.17, 15) is 14.4 Å². The van der Waals surface area contributed by atoms with Gasteiger partial charge in [0.1, 0.15) is 11.9 Å². The van der Waals surface area contributed by atoms with Gasteiger partial charge in [0.15, 0.2) is 0 Å². The number of rotatable bonds is 9. The quantitative estimate of drug-likeness (QED) is 0.456. The zero-order valence-corrected chi connectivity index (χ0v) is 21.8. The summed E-state index contributed by atoms with van der Waals surface area (Å²) >= 11 is 7.07. The number of methoxy groups -OCH3 is 1. The number of likely N-dealkylation sites (N-methyl/N-ethyl adjacent to an activating group) is 1. The molecule has 1 saturated heterocycles. The van der Waals surface area contributed by atoms with Crippen LogP contribution in [0.1, 0.15) is 15.2 Å². The summed E-state index contributed by atoms with van der Waals surface area (Å²) in [5.74, 6) is 0.171. The summed E-state index contributed by atoms with van der Waals surface area (Å²) in [6.07, 6.45) is 1.29. The van der Waals surface area contributed by atoms with E-state index in [1.54, 1.807) is 41.1 Å². The first-order valence-corrected chi connectivity index (χ1v) is 12.5. The second-order valence-electron chi connectivity index (χ2n) is 8.55. The van der Waals surface area contributed by atoms with Crippen LogP contribution in [-0.4, -0.2) is 68.4 Å². The predicted octanol–water partition coefficient (Wildman–Crippen LogP) is 3.42. The van der Waals surface area contributed by atoms with E-state index in [4.69, 9.17) is 21.1 Å². The van der Waals surface area contributed by atoms with E-state index < -0.39 is 12.2 Å². The van der Waals surface area contributed by atoms with Crippen LogP contribution in [0, 0.1) is 0 Å². The summed E-state index contributed by atoms with van der Waals surface area (Å²) in [5, 5.41) is 2.77. The van der Waals surface area contributed by atoms with Gasteiger partial charge in [-0.05, 0) is 50.8 Å². The average molecular weight is 531 g/mol. The van der Waals surface area contributed by atoms with Crippen LogP contribution >= 0.6 is 22.9 Å². The summed E-state index contributed by atoms with van der Waals surface area (Å²) in [4.78, 5) is 41.9. The highest BCUT2D eigenvalue weighted by atomic mass is 35.5. The highest BCUT2D eigenvalue weighted by Crippen LogP contribution is 2.30. The summed E-state index contributed by atoms with van der Waals surface area (Å²) in [6.45, 7) is 1.18. The van der Waals surface area contributed by atoms with E-state index in [2.05, 4.69) is 5.32 Å². The van der Waals surface area contributed by atoms with Crippen molar-refractivity contribution in [3.05, 3.63) is 73.8 Å². The molecule has 3 heterocycles. The largest absolute Gasteiger partial charge is 0.494 e. The molecule has 1 fully saturated rings. The zero-order chi connectivity index (χ0) is 25.8. The molecule has 1 atom stereocenters. The lowest BCUT2D eigenvalue weighted by molar-refractivity contribution is 0.0920. The molecule has 9 nitrogen and oxygen atoms in total. The average Bonchev–Trinajstić information content (AvgIpc) is 3.46. The Bertz CT molecular complexity index is 1320. The van der Waals surface area contributed by atoms with Crippen molar-refractivity contribution in [3.8, 4) is 11.4 Å². The molecule has 1 N–H and O–H groups in total. The van der Waals surface area contributed by atoms with Gasteiger partial charge in [0.2, 0.25) is 0 Å². The van der Waals surface area contributed by atoms with Crippen molar-refractivity contribution in [2.45, 2.75) is 12.5 Å². The number of carbonyl (C=O) groups excluding carboxylic acids is 2. The Morgan fingerprint density at radius 3 is 2.75 bits per heavy atom.